The van der Waals surface area contributed by atoms with E-state index >= 15 is 0 Å². The average molecular weight is 400 g/mol. The number of non-ortho nitro benzene ring substituents is 1. The Hall–Kier alpha value is -4.00. The molecule has 0 saturated carbocycles. The highest BCUT2D eigenvalue weighted by atomic mass is 16.6. The van der Waals surface area contributed by atoms with Crippen LogP contribution >= 0.6 is 0 Å². The minimum atomic E-state index is -0.526. The summed E-state index contributed by atoms with van der Waals surface area (Å²) in [7, 11) is 0. The van der Waals surface area contributed by atoms with E-state index < -0.39 is 4.92 Å². The fraction of sp³-hybridized carbons (Fsp3) is 0.130. The van der Waals surface area contributed by atoms with Crippen molar-refractivity contribution in [3.8, 4) is 17.2 Å². The Bertz CT molecular complexity index is 1320. The van der Waals surface area contributed by atoms with Gasteiger partial charge < -0.3 is 9.52 Å². The van der Waals surface area contributed by atoms with E-state index in [9.17, 15) is 15.2 Å². The number of benzene rings is 3. The van der Waals surface area contributed by atoms with Crippen molar-refractivity contribution in [2.24, 2.45) is 4.99 Å². The number of aryl methyl sites for hydroxylation is 3. The average Bonchev–Trinajstić information content (AvgIpc) is 3.13. The first-order valence-corrected chi connectivity index (χ1v) is 9.30. The summed E-state index contributed by atoms with van der Waals surface area (Å²) in [5, 5.41) is 23.3. The molecule has 0 aliphatic carbocycles. The number of hydrogen-bond acceptors (Lipinski definition) is 6. The van der Waals surface area contributed by atoms with Gasteiger partial charge in [0.1, 0.15) is 5.52 Å². The molecule has 4 rings (SSSR count). The van der Waals surface area contributed by atoms with Crippen LogP contribution in [-0.2, 0) is 0 Å². The molecule has 1 aromatic heterocycles. The van der Waals surface area contributed by atoms with Gasteiger partial charge in [0.15, 0.2) is 5.58 Å². The Morgan fingerprint density at radius 3 is 2.63 bits per heavy atom. The monoisotopic (exact) mass is 400 g/mol. The van der Waals surface area contributed by atoms with Crippen molar-refractivity contribution in [2.45, 2.75) is 20.8 Å². The number of aliphatic imine (C=N–C) groups is 1. The lowest BCUT2D eigenvalue weighted by Gasteiger charge is -2.13. The Labute approximate surface area is 172 Å². The maximum Gasteiger partial charge on any atom is 0.270 e. The van der Waals surface area contributed by atoms with E-state index in [2.05, 4.69) is 9.98 Å². The van der Waals surface area contributed by atoms with Gasteiger partial charge in [-0.1, -0.05) is 23.4 Å². The zero-order valence-electron chi connectivity index (χ0n) is 16.7. The molecule has 0 bridgehead atoms. The lowest BCUT2D eigenvalue weighted by atomic mass is 10.1. The van der Waals surface area contributed by atoms with E-state index in [-0.39, 0.29) is 17.0 Å². The number of nitrogens with zero attached hydrogens (tertiary/aromatic N) is 3. The Morgan fingerprint density at radius 2 is 1.87 bits per heavy atom. The molecule has 0 saturated heterocycles. The van der Waals surface area contributed by atoms with Crippen molar-refractivity contribution in [1.29, 1.82) is 0 Å². The molecule has 3 aromatic carbocycles. The third-order valence-corrected chi connectivity index (χ3v) is 4.76. The molecule has 7 nitrogen and oxygen atoms in total. The van der Waals surface area contributed by atoms with E-state index in [0.717, 1.165) is 27.8 Å². The molecule has 0 radical (unpaired) electrons. The normalized spacial score (nSPS) is 11.4. The maximum atomic E-state index is 12.3. The van der Waals surface area contributed by atoms with E-state index in [1.807, 2.05) is 38.1 Å². The van der Waals surface area contributed by atoms with Crippen LogP contribution in [0.15, 0.2) is 57.9 Å². The van der Waals surface area contributed by atoms with Gasteiger partial charge in [0, 0.05) is 23.9 Å². The second kappa shape index (κ2) is 7.44. The predicted octanol–water partition coefficient (Wildman–Crippen LogP) is 5.15. The fourth-order valence-corrected chi connectivity index (χ4v) is 3.35. The van der Waals surface area contributed by atoms with Crippen molar-refractivity contribution in [3.63, 3.8) is 0 Å². The highest BCUT2D eigenvalue weighted by Gasteiger charge is 2.12. The van der Waals surface area contributed by atoms with Crippen LogP contribution in [0.1, 0.15) is 22.3 Å². The van der Waals surface area contributed by atoms with E-state index in [1.165, 1.54) is 18.3 Å². The number of fused-ring (bicyclic) bond motifs is 1. The van der Waals surface area contributed by atoms with Crippen molar-refractivity contribution >= 4 is 28.7 Å². The minimum Gasteiger partial charge on any atom is -0.872 e. The maximum absolute atomic E-state index is 12.3. The largest absolute Gasteiger partial charge is 0.872 e. The molecule has 0 fully saturated rings. The summed E-state index contributed by atoms with van der Waals surface area (Å²) in [5.41, 5.74) is 5.31. The third-order valence-electron chi connectivity index (χ3n) is 4.76. The van der Waals surface area contributed by atoms with Crippen LogP contribution in [0.3, 0.4) is 0 Å². The second-order valence-electron chi connectivity index (χ2n) is 7.20. The zero-order valence-corrected chi connectivity index (χ0v) is 16.7. The summed E-state index contributed by atoms with van der Waals surface area (Å²) < 4.78 is 5.95. The predicted molar refractivity (Wildman–Crippen MR) is 113 cm³/mol. The summed E-state index contributed by atoms with van der Waals surface area (Å²) >= 11 is 0. The molecule has 4 aromatic rings. The first-order chi connectivity index (χ1) is 14.3. The molecule has 0 amide bonds. The standard InChI is InChI=1S/C23H19N3O4/c1-13-7-15(3)22-20(8-13)25-23(30-22)16-5-4-6-18(10-16)24-12-17-11-19(26(28)29)9-14(2)21(17)27/h4-12,27H,1-3H3/p-1. The van der Waals surface area contributed by atoms with Crippen molar-refractivity contribution in [2.75, 3.05) is 0 Å². The van der Waals surface area contributed by atoms with Gasteiger partial charge in [-0.05, 0) is 61.7 Å². The smallest absolute Gasteiger partial charge is 0.270 e. The van der Waals surface area contributed by atoms with E-state index in [1.54, 1.807) is 19.1 Å². The Kier molecular flexibility index (Phi) is 4.79. The van der Waals surface area contributed by atoms with Crippen LogP contribution in [0.2, 0.25) is 0 Å². The molecular formula is C23H18N3O4-. The quantitative estimate of drug-likeness (QED) is 0.267. The molecule has 0 aliphatic rings. The molecule has 0 spiro atoms. The number of aromatic nitrogens is 1. The van der Waals surface area contributed by atoms with Gasteiger partial charge in [-0.25, -0.2) is 4.98 Å². The Balaban J connectivity index is 1.70. The van der Waals surface area contributed by atoms with Gasteiger partial charge in [-0.2, -0.15) is 0 Å². The van der Waals surface area contributed by atoms with Crippen LogP contribution in [0, 0.1) is 30.9 Å². The van der Waals surface area contributed by atoms with E-state index in [0.29, 0.717) is 17.1 Å². The summed E-state index contributed by atoms with van der Waals surface area (Å²) in [5.74, 6) is 0.191. The number of nitro groups is 1. The number of oxazole rings is 1. The fourth-order valence-electron chi connectivity index (χ4n) is 3.35. The lowest BCUT2D eigenvalue weighted by molar-refractivity contribution is -0.385. The van der Waals surface area contributed by atoms with Gasteiger partial charge in [-0.15, -0.1) is 0 Å². The molecule has 0 unspecified atom stereocenters. The second-order valence-corrected chi connectivity index (χ2v) is 7.20. The molecule has 150 valence electrons. The minimum absolute atomic E-state index is 0.139. The summed E-state index contributed by atoms with van der Waals surface area (Å²) in [6.45, 7) is 5.53. The number of rotatable bonds is 4. The van der Waals surface area contributed by atoms with E-state index in [4.69, 9.17) is 4.42 Å². The first kappa shape index (κ1) is 19.3. The highest BCUT2D eigenvalue weighted by molar-refractivity contribution is 5.87. The zero-order chi connectivity index (χ0) is 21.4. The van der Waals surface area contributed by atoms with Crippen molar-refractivity contribution in [1.82, 2.24) is 4.98 Å². The van der Waals surface area contributed by atoms with Crippen LogP contribution in [-0.4, -0.2) is 16.1 Å². The molecule has 7 heteroatoms. The molecule has 0 aliphatic heterocycles. The van der Waals surface area contributed by atoms with Crippen LogP contribution in [0.5, 0.6) is 5.75 Å². The summed E-state index contributed by atoms with van der Waals surface area (Å²) in [6.07, 6.45) is 1.35. The van der Waals surface area contributed by atoms with Crippen LogP contribution in [0.4, 0.5) is 11.4 Å². The van der Waals surface area contributed by atoms with Gasteiger partial charge in [0.2, 0.25) is 5.89 Å². The van der Waals surface area contributed by atoms with Gasteiger partial charge in [-0.3, -0.25) is 15.1 Å². The Morgan fingerprint density at radius 1 is 1.07 bits per heavy atom. The highest BCUT2D eigenvalue weighted by Crippen LogP contribution is 2.30. The van der Waals surface area contributed by atoms with Crippen molar-refractivity contribution in [3.05, 3.63) is 80.9 Å². The van der Waals surface area contributed by atoms with Crippen LogP contribution < -0.4 is 5.11 Å². The molecular weight excluding hydrogens is 382 g/mol. The summed E-state index contributed by atoms with van der Waals surface area (Å²) in [4.78, 5) is 19.4. The van der Waals surface area contributed by atoms with Crippen LogP contribution in [0.25, 0.3) is 22.6 Å². The van der Waals surface area contributed by atoms with Gasteiger partial charge in [0.05, 0.1) is 10.6 Å². The molecule has 30 heavy (non-hydrogen) atoms. The lowest BCUT2D eigenvalue weighted by Crippen LogP contribution is -2.01. The van der Waals surface area contributed by atoms with Gasteiger partial charge in [0.25, 0.3) is 5.69 Å². The first-order valence-electron chi connectivity index (χ1n) is 9.30. The molecule has 1 heterocycles. The van der Waals surface area contributed by atoms with Crippen molar-refractivity contribution < 1.29 is 14.4 Å². The number of nitro benzene ring substituents is 1. The third kappa shape index (κ3) is 3.65. The van der Waals surface area contributed by atoms with Gasteiger partial charge >= 0.3 is 0 Å². The topological polar surface area (TPSA) is 105 Å². The molecule has 0 N–H and O–H groups in total. The SMILES string of the molecule is Cc1cc(C)c2oc(-c3cccc(N=Cc4cc([N+](=O)[O-])cc(C)c4[O-])c3)nc2c1. The number of hydrogen-bond donors (Lipinski definition) is 0. The molecule has 0 atom stereocenters. The summed E-state index contributed by atoms with van der Waals surface area (Å²) in [6, 6.07) is 13.7.